The predicted molar refractivity (Wildman–Crippen MR) is 84.3 cm³/mol. The largest absolute Gasteiger partial charge is 0.490 e. The number of ether oxygens (including phenoxy) is 1. The second kappa shape index (κ2) is 6.15. The second-order valence-electron chi connectivity index (χ2n) is 7.06. The van der Waals surface area contributed by atoms with Crippen molar-refractivity contribution in [2.45, 2.75) is 65.1 Å². The number of aliphatic hydroxyl groups is 1. The van der Waals surface area contributed by atoms with Crippen LogP contribution >= 0.6 is 0 Å². The molecule has 0 spiro atoms. The van der Waals surface area contributed by atoms with Gasteiger partial charge >= 0.3 is 0 Å². The highest BCUT2D eigenvalue weighted by atomic mass is 16.5. The van der Waals surface area contributed by atoms with E-state index in [0.29, 0.717) is 6.42 Å². The molecule has 0 heterocycles. The van der Waals surface area contributed by atoms with Gasteiger partial charge in [-0.3, -0.25) is 0 Å². The normalized spacial score (nSPS) is 16.6. The van der Waals surface area contributed by atoms with Gasteiger partial charge in [0.25, 0.3) is 0 Å². The molecule has 0 saturated heterocycles. The van der Waals surface area contributed by atoms with Crippen LogP contribution in [0.2, 0.25) is 0 Å². The van der Waals surface area contributed by atoms with Crippen LogP contribution in [0.25, 0.3) is 0 Å². The van der Waals surface area contributed by atoms with Crippen molar-refractivity contribution in [3.63, 3.8) is 0 Å². The number of aryl methyl sites for hydroxylation is 1. The van der Waals surface area contributed by atoms with Crippen molar-refractivity contribution in [2.24, 2.45) is 5.73 Å². The van der Waals surface area contributed by atoms with Crippen molar-refractivity contribution < 1.29 is 9.84 Å². The Morgan fingerprint density at radius 3 is 2.30 bits per heavy atom. The first kappa shape index (κ1) is 17.0. The lowest BCUT2D eigenvalue weighted by molar-refractivity contribution is 0.0235. The van der Waals surface area contributed by atoms with Gasteiger partial charge in [0.1, 0.15) is 5.75 Å². The van der Waals surface area contributed by atoms with Crippen molar-refractivity contribution in [1.29, 1.82) is 0 Å². The second-order valence-corrected chi connectivity index (χ2v) is 7.06. The van der Waals surface area contributed by atoms with Gasteiger partial charge < -0.3 is 15.6 Å². The van der Waals surface area contributed by atoms with Crippen molar-refractivity contribution >= 4 is 0 Å². The Hall–Kier alpha value is -1.06. The zero-order chi connectivity index (χ0) is 15.6. The molecule has 2 atom stereocenters. The highest BCUT2D eigenvalue weighted by Gasteiger charge is 2.23. The van der Waals surface area contributed by atoms with Gasteiger partial charge in [-0.25, -0.2) is 0 Å². The molecule has 0 bridgehead atoms. The molecule has 0 amide bonds. The lowest BCUT2D eigenvalue weighted by Crippen LogP contribution is -2.38. The molecule has 0 fully saturated rings. The van der Waals surface area contributed by atoms with Crippen LogP contribution in [0.5, 0.6) is 5.75 Å². The Morgan fingerprint density at radius 2 is 1.85 bits per heavy atom. The lowest BCUT2D eigenvalue weighted by atomic mass is 9.86. The van der Waals surface area contributed by atoms with Crippen molar-refractivity contribution in [1.82, 2.24) is 0 Å². The van der Waals surface area contributed by atoms with Crippen LogP contribution in [0.3, 0.4) is 0 Å². The lowest BCUT2D eigenvalue weighted by Gasteiger charge is -2.26. The third-order valence-electron chi connectivity index (χ3n) is 3.54. The summed E-state index contributed by atoms with van der Waals surface area (Å²) in [4.78, 5) is 0. The van der Waals surface area contributed by atoms with E-state index in [1.807, 2.05) is 13.0 Å². The topological polar surface area (TPSA) is 55.5 Å². The molecule has 20 heavy (non-hydrogen) atoms. The number of hydrogen-bond donors (Lipinski definition) is 2. The summed E-state index contributed by atoms with van der Waals surface area (Å²) in [5, 5.41) is 9.99. The first-order valence-electron chi connectivity index (χ1n) is 7.25. The summed E-state index contributed by atoms with van der Waals surface area (Å²) in [7, 11) is 0. The quantitative estimate of drug-likeness (QED) is 0.870. The molecule has 0 aliphatic rings. The van der Waals surface area contributed by atoms with Crippen molar-refractivity contribution in [3.8, 4) is 5.75 Å². The maximum absolute atomic E-state index is 9.99. The monoisotopic (exact) mass is 279 g/mol. The molecule has 1 aromatic rings. The van der Waals surface area contributed by atoms with E-state index in [2.05, 4.69) is 39.8 Å². The molecule has 2 unspecified atom stereocenters. The fourth-order valence-electron chi connectivity index (χ4n) is 2.21. The third kappa shape index (κ3) is 4.80. The molecule has 3 nitrogen and oxygen atoms in total. The van der Waals surface area contributed by atoms with Gasteiger partial charge in [-0.2, -0.15) is 0 Å². The summed E-state index contributed by atoms with van der Waals surface area (Å²) < 4.78 is 5.93. The zero-order valence-corrected chi connectivity index (χ0v) is 13.7. The highest BCUT2D eigenvalue weighted by Crippen LogP contribution is 2.28. The number of hydrogen-bond acceptors (Lipinski definition) is 3. The standard InChI is InChI=1S/C17H29NO2/c1-12-9-14(16(3,4)5)7-8-15(12)20-13(2)10-17(6,19)11-18/h7-9,13,19H,10-11,18H2,1-6H3. The number of rotatable bonds is 5. The van der Waals surface area contributed by atoms with Crippen LogP contribution in [0, 0.1) is 6.92 Å². The Kier molecular flexibility index (Phi) is 5.22. The van der Waals surface area contributed by atoms with Crippen LogP contribution in [-0.4, -0.2) is 23.4 Å². The summed E-state index contributed by atoms with van der Waals surface area (Å²) in [6.07, 6.45) is 0.442. The SMILES string of the molecule is Cc1cc(C(C)(C)C)ccc1OC(C)CC(C)(O)CN. The van der Waals surface area contributed by atoms with Gasteiger partial charge in [0.05, 0.1) is 11.7 Å². The minimum absolute atomic E-state index is 0.0762. The fourth-order valence-corrected chi connectivity index (χ4v) is 2.21. The van der Waals surface area contributed by atoms with Gasteiger partial charge in [0.2, 0.25) is 0 Å². The average Bonchev–Trinajstić information content (AvgIpc) is 2.29. The van der Waals surface area contributed by atoms with Crippen LogP contribution in [0.4, 0.5) is 0 Å². The van der Waals surface area contributed by atoms with Gasteiger partial charge in [0.15, 0.2) is 0 Å². The van der Waals surface area contributed by atoms with Crippen LogP contribution in [0.15, 0.2) is 18.2 Å². The molecule has 0 aliphatic heterocycles. The van der Waals surface area contributed by atoms with Gasteiger partial charge in [-0.05, 0) is 43.4 Å². The zero-order valence-electron chi connectivity index (χ0n) is 13.7. The summed E-state index contributed by atoms with van der Waals surface area (Å²) in [5.74, 6) is 0.873. The van der Waals surface area contributed by atoms with E-state index in [0.717, 1.165) is 11.3 Å². The van der Waals surface area contributed by atoms with E-state index in [4.69, 9.17) is 10.5 Å². The summed E-state index contributed by atoms with van der Waals surface area (Å²) in [6, 6.07) is 6.29. The maximum atomic E-state index is 9.99. The molecule has 1 rings (SSSR count). The molecule has 0 aromatic heterocycles. The van der Waals surface area contributed by atoms with Crippen molar-refractivity contribution in [3.05, 3.63) is 29.3 Å². The summed E-state index contributed by atoms with van der Waals surface area (Å²) >= 11 is 0. The molecule has 3 heteroatoms. The van der Waals surface area contributed by atoms with Crippen LogP contribution < -0.4 is 10.5 Å². The van der Waals surface area contributed by atoms with E-state index < -0.39 is 5.60 Å². The first-order valence-corrected chi connectivity index (χ1v) is 7.25. The molecule has 3 N–H and O–H groups in total. The molecule has 0 radical (unpaired) electrons. The van der Waals surface area contributed by atoms with E-state index >= 15 is 0 Å². The number of nitrogens with two attached hydrogens (primary N) is 1. The Balaban J connectivity index is 2.79. The predicted octanol–water partition coefficient (Wildman–Crippen LogP) is 3.16. The van der Waals surface area contributed by atoms with E-state index in [1.54, 1.807) is 6.92 Å². The Bertz CT molecular complexity index is 447. The highest BCUT2D eigenvalue weighted by molar-refractivity contribution is 5.38. The van der Waals surface area contributed by atoms with Crippen LogP contribution in [0.1, 0.15) is 52.2 Å². The Labute approximate surface area is 123 Å². The van der Waals surface area contributed by atoms with Gasteiger partial charge in [0, 0.05) is 13.0 Å². The third-order valence-corrected chi connectivity index (χ3v) is 3.54. The molecular weight excluding hydrogens is 250 g/mol. The van der Waals surface area contributed by atoms with E-state index in [1.165, 1.54) is 5.56 Å². The molecule has 0 aliphatic carbocycles. The van der Waals surface area contributed by atoms with Gasteiger partial charge in [-0.1, -0.05) is 32.9 Å². The maximum Gasteiger partial charge on any atom is 0.122 e. The summed E-state index contributed by atoms with van der Waals surface area (Å²) in [6.45, 7) is 12.6. The molecule has 1 aromatic carbocycles. The molecule has 114 valence electrons. The summed E-state index contributed by atoms with van der Waals surface area (Å²) in [5.41, 5.74) is 7.22. The molecule has 0 saturated carbocycles. The van der Waals surface area contributed by atoms with E-state index in [9.17, 15) is 5.11 Å². The van der Waals surface area contributed by atoms with E-state index in [-0.39, 0.29) is 18.1 Å². The van der Waals surface area contributed by atoms with Crippen LogP contribution in [-0.2, 0) is 5.41 Å². The molecular formula is C17H29NO2. The minimum atomic E-state index is -0.876. The fraction of sp³-hybridized carbons (Fsp3) is 0.647. The first-order chi connectivity index (χ1) is 9.05. The Morgan fingerprint density at radius 1 is 1.25 bits per heavy atom. The average molecular weight is 279 g/mol. The number of benzene rings is 1. The van der Waals surface area contributed by atoms with Gasteiger partial charge in [-0.15, -0.1) is 0 Å². The minimum Gasteiger partial charge on any atom is -0.490 e. The smallest absolute Gasteiger partial charge is 0.122 e. The van der Waals surface area contributed by atoms with Crippen molar-refractivity contribution in [2.75, 3.05) is 6.54 Å².